The fraction of sp³-hybridized carbons (Fsp3) is 0.615. The molecular formula is C13H20N2O4S2. The Kier molecular flexibility index (Phi) is 5.03. The first kappa shape index (κ1) is 16.4. The van der Waals surface area contributed by atoms with Crippen LogP contribution in [0.15, 0.2) is 16.3 Å². The lowest BCUT2D eigenvalue weighted by atomic mass is 10.1. The van der Waals surface area contributed by atoms with Crippen molar-refractivity contribution in [3.63, 3.8) is 0 Å². The molecule has 0 aliphatic carbocycles. The molecule has 0 N–H and O–H groups in total. The van der Waals surface area contributed by atoms with E-state index in [1.54, 1.807) is 12.4 Å². The highest BCUT2D eigenvalue weighted by molar-refractivity contribution is 7.89. The Morgan fingerprint density at radius 3 is 2.62 bits per heavy atom. The van der Waals surface area contributed by atoms with Crippen LogP contribution in [0.3, 0.4) is 0 Å². The summed E-state index contributed by atoms with van der Waals surface area (Å²) >= 11 is 1.08. The smallest absolute Gasteiger partial charge is 0.349 e. The minimum Gasteiger partial charge on any atom is -0.465 e. The number of hydrogen-bond donors (Lipinski definition) is 0. The van der Waals surface area contributed by atoms with E-state index in [2.05, 4.69) is 9.64 Å². The van der Waals surface area contributed by atoms with Crippen LogP contribution >= 0.6 is 11.3 Å². The second-order valence-electron chi connectivity index (χ2n) is 5.16. The van der Waals surface area contributed by atoms with Gasteiger partial charge in [0.15, 0.2) is 0 Å². The largest absolute Gasteiger partial charge is 0.465 e. The Hall–Kier alpha value is -0.960. The molecule has 1 aliphatic rings. The van der Waals surface area contributed by atoms with Gasteiger partial charge in [0.05, 0.1) is 7.11 Å². The number of esters is 1. The number of carbonyl (C=O) groups is 1. The summed E-state index contributed by atoms with van der Waals surface area (Å²) in [6, 6.07) is 1.44. The first-order valence-corrected chi connectivity index (χ1v) is 9.02. The molecule has 118 valence electrons. The molecule has 2 rings (SSSR count). The van der Waals surface area contributed by atoms with Crippen molar-refractivity contribution in [2.24, 2.45) is 0 Å². The van der Waals surface area contributed by atoms with Gasteiger partial charge in [0.25, 0.3) is 0 Å². The van der Waals surface area contributed by atoms with Crippen LogP contribution in [0, 0.1) is 0 Å². The summed E-state index contributed by atoms with van der Waals surface area (Å²) in [5.74, 6) is -0.611. The molecule has 1 aromatic rings. The highest BCUT2D eigenvalue weighted by Gasteiger charge is 2.33. The number of sulfonamides is 1. The van der Waals surface area contributed by atoms with E-state index in [0.717, 1.165) is 37.3 Å². The van der Waals surface area contributed by atoms with Crippen LogP contribution in [-0.4, -0.2) is 63.9 Å². The number of carbonyl (C=O) groups excluding carboxylic acids is 1. The second kappa shape index (κ2) is 6.43. The number of ether oxygens (including phenoxy) is 1. The van der Waals surface area contributed by atoms with Crippen LogP contribution in [-0.2, 0) is 14.8 Å². The Labute approximate surface area is 129 Å². The third-order valence-electron chi connectivity index (χ3n) is 3.86. The van der Waals surface area contributed by atoms with Crippen molar-refractivity contribution in [2.75, 3.05) is 34.3 Å². The van der Waals surface area contributed by atoms with Gasteiger partial charge in [-0.2, -0.15) is 4.31 Å². The number of thiophene rings is 1. The molecule has 1 saturated heterocycles. The van der Waals surface area contributed by atoms with Crippen molar-refractivity contribution in [1.29, 1.82) is 0 Å². The summed E-state index contributed by atoms with van der Waals surface area (Å²) in [7, 11) is 1.19. The minimum absolute atomic E-state index is 0.0309. The van der Waals surface area contributed by atoms with Crippen LogP contribution in [0.1, 0.15) is 22.5 Å². The summed E-state index contributed by atoms with van der Waals surface area (Å²) in [4.78, 5) is 14.0. The summed E-state index contributed by atoms with van der Waals surface area (Å²) in [5, 5.41) is 1.60. The zero-order chi connectivity index (χ0) is 15.6. The Morgan fingerprint density at radius 1 is 1.43 bits per heavy atom. The third-order valence-corrected chi connectivity index (χ3v) is 6.84. The van der Waals surface area contributed by atoms with E-state index in [1.165, 1.54) is 17.5 Å². The molecule has 1 aromatic heterocycles. The van der Waals surface area contributed by atoms with Gasteiger partial charge in [0, 0.05) is 13.1 Å². The SMILES string of the molecule is COC(=O)c1sccc1S(=O)(=O)N(C)C1CCN(C)CC1. The highest BCUT2D eigenvalue weighted by atomic mass is 32.2. The van der Waals surface area contributed by atoms with E-state index in [0.29, 0.717) is 0 Å². The molecule has 0 amide bonds. The monoisotopic (exact) mass is 332 g/mol. The van der Waals surface area contributed by atoms with Crippen molar-refractivity contribution in [1.82, 2.24) is 9.21 Å². The van der Waals surface area contributed by atoms with Crippen molar-refractivity contribution < 1.29 is 17.9 Å². The number of likely N-dealkylation sites (tertiary alicyclic amines) is 1. The Balaban J connectivity index is 2.26. The Bertz CT molecular complexity index is 603. The van der Waals surface area contributed by atoms with Gasteiger partial charge in [0.1, 0.15) is 9.77 Å². The molecular weight excluding hydrogens is 312 g/mol. The molecule has 2 heterocycles. The van der Waals surface area contributed by atoms with Crippen LogP contribution in [0.5, 0.6) is 0 Å². The summed E-state index contributed by atoms with van der Waals surface area (Å²) < 4.78 is 31.5. The molecule has 1 aliphatic heterocycles. The maximum Gasteiger partial charge on any atom is 0.349 e. The van der Waals surface area contributed by atoms with E-state index in [4.69, 9.17) is 0 Å². The maximum absolute atomic E-state index is 12.7. The van der Waals surface area contributed by atoms with Gasteiger partial charge in [-0.05, 0) is 44.4 Å². The zero-order valence-electron chi connectivity index (χ0n) is 12.4. The number of rotatable bonds is 4. The lowest BCUT2D eigenvalue weighted by Crippen LogP contribution is -2.44. The quantitative estimate of drug-likeness (QED) is 0.776. The molecule has 21 heavy (non-hydrogen) atoms. The summed E-state index contributed by atoms with van der Waals surface area (Å²) in [5.41, 5.74) is 0. The predicted molar refractivity (Wildman–Crippen MR) is 81.1 cm³/mol. The number of hydrogen-bond acceptors (Lipinski definition) is 6. The standard InChI is InChI=1S/C13H20N2O4S2/c1-14-7-4-10(5-8-14)15(2)21(17,18)11-6-9-20-12(11)13(16)19-3/h6,9-10H,4-5,7-8H2,1-3H3. The molecule has 0 bridgehead atoms. The van der Waals surface area contributed by atoms with Crippen molar-refractivity contribution >= 4 is 27.3 Å². The van der Waals surface area contributed by atoms with Gasteiger partial charge in [-0.25, -0.2) is 13.2 Å². The van der Waals surface area contributed by atoms with Gasteiger partial charge >= 0.3 is 5.97 Å². The Morgan fingerprint density at radius 2 is 2.05 bits per heavy atom. The highest BCUT2D eigenvalue weighted by Crippen LogP contribution is 2.28. The average Bonchev–Trinajstić information content (AvgIpc) is 2.96. The van der Waals surface area contributed by atoms with Crippen molar-refractivity contribution in [2.45, 2.75) is 23.8 Å². The first-order valence-electron chi connectivity index (χ1n) is 6.70. The van der Waals surface area contributed by atoms with Gasteiger partial charge in [0.2, 0.25) is 10.0 Å². The second-order valence-corrected chi connectivity index (χ2v) is 8.04. The van der Waals surface area contributed by atoms with Gasteiger partial charge in [-0.1, -0.05) is 0 Å². The average molecular weight is 332 g/mol. The molecule has 0 atom stereocenters. The fourth-order valence-electron chi connectivity index (χ4n) is 2.45. The minimum atomic E-state index is -3.67. The fourth-order valence-corrected chi connectivity index (χ4v) is 5.17. The molecule has 1 fully saturated rings. The molecule has 6 nitrogen and oxygen atoms in total. The predicted octanol–water partition coefficient (Wildman–Crippen LogP) is 1.25. The summed E-state index contributed by atoms with van der Waals surface area (Å²) in [6.45, 7) is 1.75. The van der Waals surface area contributed by atoms with Crippen molar-refractivity contribution in [3.8, 4) is 0 Å². The van der Waals surface area contributed by atoms with E-state index in [9.17, 15) is 13.2 Å². The maximum atomic E-state index is 12.7. The molecule has 0 aromatic carbocycles. The molecule has 0 unspecified atom stereocenters. The van der Waals surface area contributed by atoms with E-state index in [1.807, 2.05) is 7.05 Å². The van der Waals surface area contributed by atoms with E-state index in [-0.39, 0.29) is 15.8 Å². The number of methoxy groups -OCH3 is 1. The molecule has 8 heteroatoms. The first-order chi connectivity index (χ1) is 9.87. The van der Waals surface area contributed by atoms with Gasteiger partial charge < -0.3 is 9.64 Å². The van der Waals surface area contributed by atoms with E-state index < -0.39 is 16.0 Å². The van der Waals surface area contributed by atoms with E-state index >= 15 is 0 Å². The lowest BCUT2D eigenvalue weighted by molar-refractivity contribution is 0.0602. The van der Waals surface area contributed by atoms with Gasteiger partial charge in [-0.3, -0.25) is 0 Å². The van der Waals surface area contributed by atoms with Crippen LogP contribution < -0.4 is 0 Å². The molecule has 0 saturated carbocycles. The number of piperidine rings is 1. The lowest BCUT2D eigenvalue weighted by Gasteiger charge is -2.34. The van der Waals surface area contributed by atoms with Crippen LogP contribution in [0.4, 0.5) is 0 Å². The normalized spacial score (nSPS) is 18.1. The van der Waals surface area contributed by atoms with Crippen LogP contribution in [0.2, 0.25) is 0 Å². The van der Waals surface area contributed by atoms with Crippen LogP contribution in [0.25, 0.3) is 0 Å². The van der Waals surface area contributed by atoms with Crippen molar-refractivity contribution in [3.05, 3.63) is 16.3 Å². The van der Waals surface area contributed by atoms with Gasteiger partial charge in [-0.15, -0.1) is 11.3 Å². The molecule has 0 spiro atoms. The third kappa shape index (κ3) is 3.28. The molecule has 0 radical (unpaired) electrons. The zero-order valence-corrected chi connectivity index (χ0v) is 14.0. The number of nitrogens with zero attached hydrogens (tertiary/aromatic N) is 2. The summed E-state index contributed by atoms with van der Waals surface area (Å²) in [6.07, 6.45) is 1.59. The topological polar surface area (TPSA) is 66.9 Å².